The number of ether oxygens (including phenoxy) is 1. The Morgan fingerprint density at radius 1 is 0.776 bits per heavy atom. The number of pyridine rings is 2. The molecule has 1 saturated carbocycles. The summed E-state index contributed by atoms with van der Waals surface area (Å²) in [6, 6.07) is 4.66. The molecule has 5 fully saturated rings. The molecule has 1 spiro atoms. The van der Waals surface area contributed by atoms with Gasteiger partial charge < -0.3 is 40.5 Å². The van der Waals surface area contributed by atoms with E-state index in [0.717, 1.165) is 103 Å². The average molecular weight is 955 g/mol. The van der Waals surface area contributed by atoms with Crippen LogP contribution in [0.4, 0.5) is 11.6 Å². The number of aromatic nitrogens is 4. The van der Waals surface area contributed by atoms with Gasteiger partial charge in [0.05, 0.1) is 41.6 Å². The molecule has 9 rings (SSSR count). The maximum Gasteiger partial charge on any atom is 0.283 e. The van der Waals surface area contributed by atoms with E-state index in [2.05, 4.69) is 70.5 Å². The molecule has 4 N–H and O–H groups in total. The predicted molar refractivity (Wildman–Crippen MR) is 262 cm³/mol. The number of hydrogen-bond acceptors (Lipinski definition) is 14. The molecule has 16 nitrogen and oxygen atoms in total. The highest BCUT2D eigenvalue weighted by atomic mass is 32.1. The number of aliphatic hydroxyl groups excluding tert-OH is 1. The maximum absolute atomic E-state index is 13.6. The number of thiazole rings is 2. The molecule has 67 heavy (non-hydrogen) atoms. The van der Waals surface area contributed by atoms with Crippen molar-refractivity contribution in [3.63, 3.8) is 0 Å². The molecular formula is C49H66N10O6S2. The van der Waals surface area contributed by atoms with Gasteiger partial charge in [0.1, 0.15) is 28.6 Å². The molecule has 18 heteroatoms. The smallest absolute Gasteiger partial charge is 0.283 e. The Bertz CT molecular complexity index is 2480. The van der Waals surface area contributed by atoms with Gasteiger partial charge in [-0.25, -0.2) is 19.9 Å². The van der Waals surface area contributed by atoms with E-state index in [0.29, 0.717) is 59.4 Å². The Morgan fingerprint density at radius 3 is 1.66 bits per heavy atom. The zero-order chi connectivity index (χ0) is 47.7. The van der Waals surface area contributed by atoms with E-state index in [1.807, 2.05) is 42.7 Å². The van der Waals surface area contributed by atoms with Crippen LogP contribution < -0.4 is 16.0 Å². The summed E-state index contributed by atoms with van der Waals surface area (Å²) >= 11 is 2.51. The van der Waals surface area contributed by atoms with Crippen molar-refractivity contribution in [2.24, 2.45) is 0 Å². The second-order valence-corrected chi connectivity index (χ2v) is 21.2. The van der Waals surface area contributed by atoms with Crippen LogP contribution in [0.2, 0.25) is 0 Å². The number of hydrogen-bond donors (Lipinski definition) is 4. The SMILES string of the molecule is CC[C@@H](C)Nc1cc(C)c(-c2sc(C(=O)N3CC4(CCO4)C3)nc2C(=O)N2CCC[C@@H]2C)cn1.CC[C@@H](C)Nc1cc(C)c(-c2sc(C(=O)N[C@@H]3CC[C@@H]3O)nc2C(=O)N2CCC[C@@H]2C)cn1. The number of likely N-dealkylation sites (tertiary alicyclic amines) is 3. The number of carbonyl (C=O) groups is 4. The zero-order valence-electron chi connectivity index (χ0n) is 40.1. The van der Waals surface area contributed by atoms with Crippen molar-refractivity contribution in [3.05, 3.63) is 57.1 Å². The van der Waals surface area contributed by atoms with Crippen molar-refractivity contribution in [3.8, 4) is 20.9 Å². The number of nitrogens with one attached hydrogen (secondary N) is 3. The third-order valence-electron chi connectivity index (χ3n) is 14.2. The molecule has 4 saturated heterocycles. The number of aliphatic hydroxyl groups is 1. The largest absolute Gasteiger partial charge is 0.391 e. The molecule has 0 aromatic carbocycles. The Balaban J connectivity index is 0.000000182. The Morgan fingerprint density at radius 2 is 1.27 bits per heavy atom. The molecule has 4 aromatic rings. The van der Waals surface area contributed by atoms with E-state index in [1.165, 1.54) is 22.7 Å². The van der Waals surface area contributed by atoms with E-state index in [9.17, 15) is 24.3 Å². The highest BCUT2D eigenvalue weighted by molar-refractivity contribution is 7.17. The van der Waals surface area contributed by atoms with E-state index < -0.39 is 6.10 Å². The molecule has 0 unspecified atom stereocenters. The van der Waals surface area contributed by atoms with Crippen molar-refractivity contribution >= 4 is 57.9 Å². The molecule has 8 heterocycles. The van der Waals surface area contributed by atoms with Crippen LogP contribution in [0, 0.1) is 13.8 Å². The fourth-order valence-electron chi connectivity index (χ4n) is 9.13. The first-order valence-corrected chi connectivity index (χ1v) is 25.7. The average Bonchev–Trinajstić information content (AvgIpc) is 4.11. The van der Waals surface area contributed by atoms with Crippen LogP contribution in [0.1, 0.15) is 151 Å². The molecule has 0 radical (unpaired) electrons. The van der Waals surface area contributed by atoms with Gasteiger partial charge in [0.15, 0.2) is 10.0 Å². The molecular weight excluding hydrogens is 889 g/mol. The first-order chi connectivity index (χ1) is 32.1. The van der Waals surface area contributed by atoms with Gasteiger partial charge in [-0.15, -0.1) is 22.7 Å². The summed E-state index contributed by atoms with van der Waals surface area (Å²) in [5.74, 6) is 0.881. The van der Waals surface area contributed by atoms with Crippen molar-refractivity contribution in [1.29, 1.82) is 0 Å². The number of anilines is 2. The number of aryl methyl sites for hydroxylation is 2. The Hall–Kier alpha value is -5.04. The van der Waals surface area contributed by atoms with Crippen LogP contribution in [-0.2, 0) is 4.74 Å². The predicted octanol–water partition coefficient (Wildman–Crippen LogP) is 7.56. The lowest BCUT2D eigenvalue weighted by Gasteiger charge is -2.54. The molecule has 4 aliphatic heterocycles. The van der Waals surface area contributed by atoms with E-state index in [-0.39, 0.29) is 52.4 Å². The summed E-state index contributed by atoms with van der Waals surface area (Å²) in [5.41, 5.74) is 4.15. The molecule has 6 atom stereocenters. The lowest BCUT2D eigenvalue weighted by Crippen LogP contribution is -2.69. The standard InChI is InChI=1S/C25H33N5O3S.C24H33N5O3S/c1-5-16(3)27-19-11-15(2)18(12-26-19)21-20(23(31)30-9-6-7-17(30)4)28-22(34-21)24(32)29-13-25(14-29)8-10-33-25;1-5-14(3)26-19-11-13(2)16(12-25-19)21-20(24(32)29-10-6-7-15(29)4)28-23(33-21)22(31)27-17-8-9-18(17)30/h11-12,16-17H,5-10,13-14H2,1-4H3,(H,26,27);11-12,14-15,17-18,30H,5-10H2,1-4H3,(H,25,26)(H,27,31)/t16-,17+;14-,15+,17-,18+/m11/s1. The fourth-order valence-corrected chi connectivity index (χ4v) is 11.3. The fraction of sp³-hybridized carbons (Fsp3) is 0.592. The van der Waals surface area contributed by atoms with E-state index in [4.69, 9.17) is 4.74 Å². The van der Waals surface area contributed by atoms with Gasteiger partial charge in [0.2, 0.25) is 0 Å². The van der Waals surface area contributed by atoms with Gasteiger partial charge >= 0.3 is 0 Å². The minimum Gasteiger partial charge on any atom is -0.391 e. The molecule has 4 aromatic heterocycles. The second-order valence-electron chi connectivity index (χ2n) is 19.2. The van der Waals surface area contributed by atoms with Gasteiger partial charge in [0, 0.05) is 67.2 Å². The third kappa shape index (κ3) is 10.2. The highest BCUT2D eigenvalue weighted by Gasteiger charge is 2.51. The number of amides is 4. The van der Waals surface area contributed by atoms with Crippen LogP contribution in [0.5, 0.6) is 0 Å². The van der Waals surface area contributed by atoms with E-state index in [1.54, 1.807) is 17.3 Å². The monoisotopic (exact) mass is 954 g/mol. The summed E-state index contributed by atoms with van der Waals surface area (Å²) in [4.78, 5) is 78.3. The zero-order valence-corrected chi connectivity index (χ0v) is 41.7. The van der Waals surface area contributed by atoms with Gasteiger partial charge in [-0.2, -0.15) is 0 Å². The Kier molecular flexibility index (Phi) is 14.7. The topological polar surface area (TPSA) is 195 Å². The number of rotatable bonds is 13. The van der Waals surface area contributed by atoms with Gasteiger partial charge in [-0.05, 0) is 116 Å². The van der Waals surface area contributed by atoms with Crippen LogP contribution >= 0.6 is 22.7 Å². The molecule has 0 bridgehead atoms. The van der Waals surface area contributed by atoms with Crippen molar-refractivity contribution in [2.45, 2.75) is 155 Å². The highest BCUT2D eigenvalue weighted by Crippen LogP contribution is 2.40. The summed E-state index contributed by atoms with van der Waals surface area (Å²) in [6.07, 6.45) is 11.4. The summed E-state index contributed by atoms with van der Waals surface area (Å²) < 4.78 is 5.66. The first kappa shape index (κ1) is 48.4. The minimum atomic E-state index is -0.517. The van der Waals surface area contributed by atoms with Crippen LogP contribution in [-0.4, -0.2) is 138 Å². The van der Waals surface area contributed by atoms with Crippen LogP contribution in [0.3, 0.4) is 0 Å². The lowest BCUT2D eigenvalue weighted by molar-refractivity contribution is -0.209. The molecule has 4 amide bonds. The minimum absolute atomic E-state index is 0.0982. The van der Waals surface area contributed by atoms with Gasteiger partial charge in [-0.3, -0.25) is 19.2 Å². The van der Waals surface area contributed by atoms with Crippen molar-refractivity contribution in [1.82, 2.24) is 40.0 Å². The lowest BCUT2D eigenvalue weighted by atomic mass is 9.86. The number of nitrogens with zero attached hydrogens (tertiary/aromatic N) is 7. The molecule has 1 aliphatic carbocycles. The van der Waals surface area contributed by atoms with Gasteiger partial charge in [0.25, 0.3) is 23.6 Å². The summed E-state index contributed by atoms with van der Waals surface area (Å²) in [6.45, 7) is 20.0. The Labute approximate surface area is 401 Å². The molecule has 5 aliphatic rings. The second kappa shape index (κ2) is 20.3. The van der Waals surface area contributed by atoms with E-state index >= 15 is 0 Å². The molecule has 360 valence electrons. The summed E-state index contributed by atoms with van der Waals surface area (Å²) in [5, 5.41) is 20.1. The van der Waals surface area contributed by atoms with Crippen LogP contribution in [0.15, 0.2) is 24.5 Å². The van der Waals surface area contributed by atoms with Crippen molar-refractivity contribution < 1.29 is 29.0 Å². The normalized spacial score (nSPS) is 22.5. The number of carbonyl (C=O) groups excluding carboxylic acids is 4. The van der Waals surface area contributed by atoms with Crippen molar-refractivity contribution in [2.75, 3.05) is 43.4 Å². The van der Waals surface area contributed by atoms with Gasteiger partial charge in [-0.1, -0.05) is 13.8 Å². The first-order valence-electron chi connectivity index (χ1n) is 24.1. The maximum atomic E-state index is 13.6. The van der Waals surface area contributed by atoms with Crippen LogP contribution in [0.25, 0.3) is 20.9 Å². The summed E-state index contributed by atoms with van der Waals surface area (Å²) in [7, 11) is 0. The third-order valence-corrected chi connectivity index (χ3v) is 16.3. The quantitative estimate of drug-likeness (QED) is 0.103.